The summed E-state index contributed by atoms with van der Waals surface area (Å²) >= 11 is 12.1. The van der Waals surface area contributed by atoms with Gasteiger partial charge in [-0.2, -0.15) is 5.90 Å². The molecule has 0 unspecified atom stereocenters. The van der Waals surface area contributed by atoms with Crippen molar-refractivity contribution >= 4 is 23.2 Å². The van der Waals surface area contributed by atoms with Crippen molar-refractivity contribution in [1.82, 2.24) is 0 Å². The lowest BCUT2D eigenvalue weighted by molar-refractivity contribution is -0.346. The fraction of sp³-hybridized carbons (Fsp3) is 0.500. The second-order valence-corrected chi connectivity index (χ2v) is 4.77. The average Bonchev–Trinajstić information content (AvgIpc) is 2.34. The lowest BCUT2D eigenvalue weighted by Crippen LogP contribution is -2.23. The second-order valence-electron chi connectivity index (χ2n) is 3.96. The monoisotopic (exact) mass is 293 g/mol. The lowest BCUT2D eigenvalue weighted by atomic mass is 10.00. The number of unbranched alkanes of at least 4 members (excludes halogenated alkanes) is 1. The molecule has 3 N–H and O–H groups in total. The van der Waals surface area contributed by atoms with Gasteiger partial charge in [0.2, 0.25) is 0 Å². The van der Waals surface area contributed by atoms with Crippen LogP contribution in [0.2, 0.25) is 10.0 Å². The van der Waals surface area contributed by atoms with Gasteiger partial charge in [0.05, 0.1) is 6.10 Å². The fourth-order valence-corrected chi connectivity index (χ4v) is 2.32. The number of benzene rings is 1. The number of rotatable bonds is 7. The fourth-order valence-electron chi connectivity index (χ4n) is 1.71. The summed E-state index contributed by atoms with van der Waals surface area (Å²) in [6, 6.07) is 5.05. The molecule has 0 fully saturated rings. The molecule has 18 heavy (non-hydrogen) atoms. The molecule has 0 radical (unpaired) electrons. The molecule has 2 atom stereocenters. The SMILES string of the molecule is CCCC[C@H](O)[C@@H](OON)c1c(Cl)cccc1Cl. The van der Waals surface area contributed by atoms with Crippen molar-refractivity contribution in [3.8, 4) is 0 Å². The highest BCUT2D eigenvalue weighted by molar-refractivity contribution is 6.36. The zero-order valence-electron chi connectivity index (χ0n) is 10.1. The average molecular weight is 294 g/mol. The zero-order chi connectivity index (χ0) is 13.5. The Morgan fingerprint density at radius 3 is 2.44 bits per heavy atom. The first-order valence-electron chi connectivity index (χ1n) is 5.76. The highest BCUT2D eigenvalue weighted by Crippen LogP contribution is 2.35. The normalized spacial score (nSPS) is 14.5. The van der Waals surface area contributed by atoms with Crippen LogP contribution in [-0.4, -0.2) is 11.2 Å². The smallest absolute Gasteiger partial charge is 0.149 e. The third-order valence-corrected chi connectivity index (χ3v) is 3.31. The molecule has 0 amide bonds. The second kappa shape index (κ2) is 7.94. The molecule has 0 saturated carbocycles. The van der Waals surface area contributed by atoms with Gasteiger partial charge in [-0.25, -0.2) is 4.89 Å². The van der Waals surface area contributed by atoms with Crippen LogP contribution < -0.4 is 5.90 Å². The standard InChI is InChI=1S/C12H17Cl2NO3/c1-2-3-7-10(16)12(17-18-15)11-8(13)5-4-6-9(11)14/h4-6,10,12,16H,2-3,7,15H2,1H3/t10-,12+/m0/s1. The van der Waals surface area contributed by atoms with Crippen molar-refractivity contribution in [2.24, 2.45) is 5.90 Å². The van der Waals surface area contributed by atoms with E-state index < -0.39 is 12.2 Å². The van der Waals surface area contributed by atoms with Crippen LogP contribution in [0.3, 0.4) is 0 Å². The van der Waals surface area contributed by atoms with Gasteiger partial charge in [-0.3, -0.25) is 0 Å². The van der Waals surface area contributed by atoms with Crippen molar-refractivity contribution in [3.63, 3.8) is 0 Å². The van der Waals surface area contributed by atoms with Gasteiger partial charge >= 0.3 is 0 Å². The Morgan fingerprint density at radius 2 is 1.94 bits per heavy atom. The number of aliphatic hydroxyl groups is 1. The van der Waals surface area contributed by atoms with E-state index in [-0.39, 0.29) is 0 Å². The summed E-state index contributed by atoms with van der Waals surface area (Å²) in [6.07, 6.45) is 0.775. The Morgan fingerprint density at radius 1 is 1.33 bits per heavy atom. The molecule has 102 valence electrons. The maximum atomic E-state index is 10.1. The molecule has 0 aliphatic carbocycles. The molecular weight excluding hydrogens is 277 g/mol. The Labute approximate surface area is 116 Å². The number of hydrogen-bond acceptors (Lipinski definition) is 4. The molecule has 0 aromatic heterocycles. The molecule has 0 aliphatic rings. The van der Waals surface area contributed by atoms with Crippen molar-refractivity contribution < 1.29 is 15.0 Å². The predicted octanol–water partition coefficient (Wildman–Crippen LogP) is 3.41. The maximum absolute atomic E-state index is 10.1. The van der Waals surface area contributed by atoms with Gasteiger partial charge in [0, 0.05) is 15.6 Å². The van der Waals surface area contributed by atoms with Gasteiger partial charge in [0.25, 0.3) is 0 Å². The zero-order valence-corrected chi connectivity index (χ0v) is 11.6. The molecule has 1 aromatic rings. The van der Waals surface area contributed by atoms with E-state index in [4.69, 9.17) is 34.0 Å². The molecule has 1 aromatic carbocycles. The Bertz CT molecular complexity index is 356. The van der Waals surface area contributed by atoms with E-state index in [2.05, 4.69) is 4.99 Å². The largest absolute Gasteiger partial charge is 0.390 e. The molecule has 0 heterocycles. The van der Waals surface area contributed by atoms with Crippen LogP contribution in [0.15, 0.2) is 18.2 Å². The summed E-state index contributed by atoms with van der Waals surface area (Å²) in [6.45, 7) is 2.03. The van der Waals surface area contributed by atoms with Gasteiger partial charge in [-0.15, -0.1) is 4.99 Å². The minimum atomic E-state index is -0.803. The lowest BCUT2D eigenvalue weighted by Gasteiger charge is -2.23. The van der Waals surface area contributed by atoms with Crippen LogP contribution in [0.5, 0.6) is 0 Å². The van der Waals surface area contributed by atoms with Crippen molar-refractivity contribution in [3.05, 3.63) is 33.8 Å². The summed E-state index contributed by atoms with van der Waals surface area (Å²) in [7, 11) is 0. The van der Waals surface area contributed by atoms with Gasteiger partial charge in [0.15, 0.2) is 0 Å². The van der Waals surface area contributed by atoms with Crippen LogP contribution in [-0.2, 0) is 9.88 Å². The van der Waals surface area contributed by atoms with Crippen LogP contribution in [0.4, 0.5) is 0 Å². The molecule has 0 aliphatic heterocycles. The van der Waals surface area contributed by atoms with Crippen LogP contribution >= 0.6 is 23.2 Å². The topological polar surface area (TPSA) is 64.7 Å². The molecule has 0 spiro atoms. The molecule has 0 bridgehead atoms. The van der Waals surface area contributed by atoms with Crippen LogP contribution in [0.1, 0.15) is 37.9 Å². The van der Waals surface area contributed by atoms with E-state index in [1.54, 1.807) is 18.2 Å². The van der Waals surface area contributed by atoms with E-state index in [0.717, 1.165) is 12.8 Å². The Kier molecular flexibility index (Phi) is 6.92. The first-order chi connectivity index (χ1) is 8.61. The van der Waals surface area contributed by atoms with Crippen molar-refractivity contribution in [2.75, 3.05) is 0 Å². The number of hydrogen-bond donors (Lipinski definition) is 2. The Hall–Kier alpha value is -0.360. The predicted molar refractivity (Wildman–Crippen MR) is 71.1 cm³/mol. The number of nitrogens with two attached hydrogens (primary N) is 1. The van der Waals surface area contributed by atoms with E-state index in [1.807, 2.05) is 6.92 Å². The van der Waals surface area contributed by atoms with E-state index in [1.165, 1.54) is 0 Å². The summed E-state index contributed by atoms with van der Waals surface area (Å²) in [5.74, 6) is 4.91. The third kappa shape index (κ3) is 4.09. The number of aliphatic hydroxyl groups excluding tert-OH is 1. The quantitative estimate of drug-likeness (QED) is 0.597. The van der Waals surface area contributed by atoms with Gasteiger partial charge in [-0.1, -0.05) is 49.0 Å². The molecule has 1 rings (SSSR count). The minimum Gasteiger partial charge on any atom is -0.390 e. The van der Waals surface area contributed by atoms with Crippen LogP contribution in [0.25, 0.3) is 0 Å². The molecule has 0 saturated heterocycles. The van der Waals surface area contributed by atoms with Gasteiger partial charge in [-0.05, 0) is 18.6 Å². The first-order valence-corrected chi connectivity index (χ1v) is 6.51. The van der Waals surface area contributed by atoms with E-state index >= 15 is 0 Å². The van der Waals surface area contributed by atoms with Crippen molar-refractivity contribution in [1.29, 1.82) is 0 Å². The third-order valence-electron chi connectivity index (χ3n) is 2.65. The first kappa shape index (κ1) is 15.7. The minimum absolute atomic E-state index is 0.403. The van der Waals surface area contributed by atoms with E-state index in [9.17, 15) is 5.11 Å². The van der Waals surface area contributed by atoms with Gasteiger partial charge < -0.3 is 5.11 Å². The maximum Gasteiger partial charge on any atom is 0.149 e. The summed E-state index contributed by atoms with van der Waals surface area (Å²) in [5, 5.41) is 10.9. The Balaban J connectivity index is 2.96. The highest BCUT2D eigenvalue weighted by atomic mass is 35.5. The highest BCUT2D eigenvalue weighted by Gasteiger charge is 2.27. The summed E-state index contributed by atoms with van der Waals surface area (Å²) in [4.78, 5) is 9.10. The summed E-state index contributed by atoms with van der Waals surface area (Å²) < 4.78 is 0. The van der Waals surface area contributed by atoms with Crippen LogP contribution in [0, 0.1) is 0 Å². The van der Waals surface area contributed by atoms with E-state index in [0.29, 0.717) is 22.0 Å². The number of halogens is 2. The van der Waals surface area contributed by atoms with Gasteiger partial charge in [0.1, 0.15) is 6.10 Å². The molecule has 6 heteroatoms. The molecular formula is C12H17Cl2NO3. The molecule has 4 nitrogen and oxygen atoms in total. The van der Waals surface area contributed by atoms with Crippen molar-refractivity contribution in [2.45, 2.75) is 38.4 Å². The summed E-state index contributed by atoms with van der Waals surface area (Å²) in [5.41, 5.74) is 0.481.